The van der Waals surface area contributed by atoms with Gasteiger partial charge in [0.1, 0.15) is 13.2 Å². The van der Waals surface area contributed by atoms with Crippen molar-refractivity contribution in [1.82, 2.24) is 0 Å². The van der Waals surface area contributed by atoms with Gasteiger partial charge in [0, 0.05) is 19.3 Å². The summed E-state index contributed by atoms with van der Waals surface area (Å²) in [4.78, 5) is 38.3. The largest absolute Gasteiger partial charge is 0.462 e. The van der Waals surface area contributed by atoms with Gasteiger partial charge in [0.05, 0.1) is 0 Å². The molecule has 6 nitrogen and oxygen atoms in total. The topological polar surface area (TPSA) is 78.9 Å². The van der Waals surface area contributed by atoms with Gasteiger partial charge in [-0.3, -0.25) is 14.4 Å². The van der Waals surface area contributed by atoms with Gasteiger partial charge in [-0.25, -0.2) is 0 Å². The smallest absolute Gasteiger partial charge is 0.306 e. The summed E-state index contributed by atoms with van der Waals surface area (Å²) in [6, 6.07) is 0. The molecule has 0 saturated carbocycles. The van der Waals surface area contributed by atoms with Crippen LogP contribution in [-0.2, 0) is 28.6 Å². The fourth-order valence-corrected chi connectivity index (χ4v) is 9.41. The monoisotopic (exact) mass is 1020 g/mol. The maximum absolute atomic E-state index is 12.9. The van der Waals surface area contributed by atoms with Crippen LogP contribution in [0, 0.1) is 0 Å². The quantitative estimate of drug-likeness (QED) is 0.0261. The first-order valence-electron chi connectivity index (χ1n) is 32.1. The maximum atomic E-state index is 12.9. The first-order chi connectivity index (χ1) is 36.0. The molecule has 73 heavy (non-hydrogen) atoms. The predicted octanol–water partition coefficient (Wildman–Crippen LogP) is 21.8. The van der Waals surface area contributed by atoms with Crippen LogP contribution in [0.5, 0.6) is 0 Å². The average Bonchev–Trinajstić information content (AvgIpc) is 3.39. The molecule has 0 unspecified atom stereocenters. The first kappa shape index (κ1) is 70.4. The van der Waals surface area contributed by atoms with Gasteiger partial charge in [-0.1, -0.05) is 268 Å². The van der Waals surface area contributed by atoms with Gasteiger partial charge in [-0.15, -0.1) is 0 Å². The summed E-state index contributed by atoms with van der Waals surface area (Å²) in [5, 5.41) is 0. The number of unbranched alkanes of at least 4 members (excludes halogenated alkanes) is 40. The van der Waals surface area contributed by atoms with E-state index in [1.54, 1.807) is 0 Å². The molecule has 0 aromatic carbocycles. The van der Waals surface area contributed by atoms with Crippen LogP contribution < -0.4 is 0 Å². The van der Waals surface area contributed by atoms with E-state index in [2.05, 4.69) is 69.4 Å². The molecule has 0 bridgehead atoms. The minimum absolute atomic E-state index is 0.0775. The fraction of sp³-hybridized carbons (Fsp3) is 0.836. The van der Waals surface area contributed by atoms with E-state index in [0.29, 0.717) is 19.3 Å². The normalized spacial score (nSPS) is 12.3. The van der Waals surface area contributed by atoms with Gasteiger partial charge in [-0.2, -0.15) is 0 Å². The van der Waals surface area contributed by atoms with Gasteiger partial charge in [0.25, 0.3) is 0 Å². The molecule has 0 aliphatic rings. The molecule has 0 aromatic heterocycles. The van der Waals surface area contributed by atoms with Crippen molar-refractivity contribution in [2.45, 2.75) is 348 Å². The lowest BCUT2D eigenvalue weighted by Crippen LogP contribution is -2.30. The second kappa shape index (κ2) is 61.9. The van der Waals surface area contributed by atoms with Crippen LogP contribution in [0.1, 0.15) is 342 Å². The van der Waals surface area contributed by atoms with Gasteiger partial charge >= 0.3 is 17.9 Å². The Morgan fingerprint density at radius 2 is 0.493 bits per heavy atom. The minimum atomic E-state index is -0.781. The van der Waals surface area contributed by atoms with E-state index in [9.17, 15) is 14.4 Å². The zero-order valence-corrected chi connectivity index (χ0v) is 48.9. The van der Waals surface area contributed by atoms with Gasteiger partial charge < -0.3 is 14.2 Å². The highest BCUT2D eigenvalue weighted by molar-refractivity contribution is 5.71. The van der Waals surface area contributed by atoms with E-state index >= 15 is 0 Å². The van der Waals surface area contributed by atoms with Crippen LogP contribution in [-0.4, -0.2) is 37.2 Å². The lowest BCUT2D eigenvalue weighted by Gasteiger charge is -2.18. The fourth-order valence-electron chi connectivity index (χ4n) is 9.41. The van der Waals surface area contributed by atoms with Crippen LogP contribution in [0.3, 0.4) is 0 Å². The molecule has 0 aromatic rings. The van der Waals surface area contributed by atoms with E-state index in [0.717, 1.165) is 83.5 Å². The Morgan fingerprint density at radius 3 is 0.795 bits per heavy atom. The summed E-state index contributed by atoms with van der Waals surface area (Å²) in [6.45, 7) is 6.64. The van der Waals surface area contributed by atoms with Gasteiger partial charge in [-0.05, 0) is 103 Å². The van der Waals surface area contributed by atoms with Crippen molar-refractivity contribution in [3.8, 4) is 0 Å². The van der Waals surface area contributed by atoms with Crippen LogP contribution in [0.4, 0.5) is 0 Å². The van der Waals surface area contributed by atoms with Crippen LogP contribution in [0.25, 0.3) is 0 Å². The average molecular weight is 1020 g/mol. The number of carbonyl (C=O) groups is 3. The van der Waals surface area contributed by atoms with Crippen molar-refractivity contribution in [2.75, 3.05) is 13.2 Å². The highest BCUT2D eigenvalue weighted by Crippen LogP contribution is 2.17. The number of esters is 3. The van der Waals surface area contributed by atoms with Gasteiger partial charge in [0.15, 0.2) is 6.10 Å². The second-order valence-corrected chi connectivity index (χ2v) is 21.7. The molecule has 0 fully saturated rings. The molecule has 6 heteroatoms. The lowest BCUT2D eigenvalue weighted by molar-refractivity contribution is -0.167. The molecule has 0 aliphatic carbocycles. The van der Waals surface area contributed by atoms with Gasteiger partial charge in [0.2, 0.25) is 0 Å². The minimum Gasteiger partial charge on any atom is -0.462 e. The molecule has 0 spiro atoms. The third-order valence-corrected chi connectivity index (χ3v) is 14.3. The van der Waals surface area contributed by atoms with Crippen LogP contribution in [0.2, 0.25) is 0 Å². The Morgan fingerprint density at radius 1 is 0.274 bits per heavy atom. The summed E-state index contributed by atoms with van der Waals surface area (Å²) in [7, 11) is 0. The molecule has 0 amide bonds. The molecule has 1 atom stereocenters. The zero-order chi connectivity index (χ0) is 52.9. The summed E-state index contributed by atoms with van der Waals surface area (Å²) in [6.07, 6.45) is 76.8. The molecule has 0 heterocycles. The van der Waals surface area contributed by atoms with Crippen molar-refractivity contribution in [3.05, 3.63) is 48.6 Å². The summed E-state index contributed by atoms with van der Waals surface area (Å²) in [5.41, 5.74) is 0. The van der Waals surface area contributed by atoms with E-state index in [-0.39, 0.29) is 31.1 Å². The SMILES string of the molecule is CCCCC/C=C\C/C=C\CCCCCCCC(=O)O[C@@H](COC(=O)CCCCCCCCCCC/C=C\CCCCCCCC)COC(=O)CCCCCCCCCCCCC/C=C\CCCCCCCC. The van der Waals surface area contributed by atoms with Crippen molar-refractivity contribution < 1.29 is 28.6 Å². The Labute approximate surface area is 454 Å². The van der Waals surface area contributed by atoms with E-state index in [4.69, 9.17) is 14.2 Å². The molecule has 0 aliphatic heterocycles. The van der Waals surface area contributed by atoms with E-state index < -0.39 is 6.10 Å². The number of hydrogen-bond acceptors (Lipinski definition) is 6. The Hall–Kier alpha value is -2.63. The number of ether oxygens (including phenoxy) is 3. The first-order valence-corrected chi connectivity index (χ1v) is 32.1. The van der Waals surface area contributed by atoms with Crippen molar-refractivity contribution in [3.63, 3.8) is 0 Å². The molecule has 0 rings (SSSR count). The standard InChI is InChI=1S/C67H122O6/c1-4-7-10-13-16-19-22-25-28-30-32-33-35-37-40-42-45-48-51-54-57-60-66(69)72-63-64(73-67(70)61-58-55-52-49-46-43-38-27-24-21-18-15-12-9-6-3)62-71-65(68)59-56-53-50-47-44-41-39-36-34-31-29-26-23-20-17-14-11-8-5-2/h18,21,25-29,38,64H,4-17,19-20,22-24,30-37,39-63H2,1-3H3/b21-18-,28-25-,29-26-,38-27-/t64-/m0/s1. The molecular weight excluding hydrogens is 901 g/mol. The highest BCUT2D eigenvalue weighted by Gasteiger charge is 2.19. The molecule has 0 N–H and O–H groups in total. The van der Waals surface area contributed by atoms with Crippen molar-refractivity contribution in [1.29, 1.82) is 0 Å². The summed E-state index contributed by atoms with van der Waals surface area (Å²) < 4.78 is 16.9. The van der Waals surface area contributed by atoms with Crippen molar-refractivity contribution in [2.24, 2.45) is 0 Å². The van der Waals surface area contributed by atoms with E-state index in [1.807, 2.05) is 0 Å². The lowest BCUT2D eigenvalue weighted by atomic mass is 10.0. The third kappa shape index (κ3) is 60.1. The number of carbonyl (C=O) groups excluding carboxylic acids is 3. The van der Waals surface area contributed by atoms with E-state index in [1.165, 1.54) is 218 Å². The zero-order valence-electron chi connectivity index (χ0n) is 48.9. The Bertz CT molecular complexity index is 1270. The second-order valence-electron chi connectivity index (χ2n) is 21.7. The van der Waals surface area contributed by atoms with Crippen LogP contribution in [0.15, 0.2) is 48.6 Å². The summed E-state index contributed by atoms with van der Waals surface area (Å²) in [5.74, 6) is -0.875. The molecule has 426 valence electrons. The molecular formula is C67H122O6. The van der Waals surface area contributed by atoms with Crippen molar-refractivity contribution >= 4 is 17.9 Å². The predicted molar refractivity (Wildman–Crippen MR) is 316 cm³/mol. The molecule has 0 radical (unpaired) electrons. The number of allylic oxidation sites excluding steroid dienone is 8. The third-order valence-electron chi connectivity index (χ3n) is 14.3. The van der Waals surface area contributed by atoms with Crippen LogP contribution >= 0.6 is 0 Å². The highest BCUT2D eigenvalue weighted by atomic mass is 16.6. The number of rotatable bonds is 59. The Balaban J connectivity index is 4.33. The summed E-state index contributed by atoms with van der Waals surface area (Å²) >= 11 is 0. The Kier molecular flexibility index (Phi) is 59.7. The maximum Gasteiger partial charge on any atom is 0.306 e. The number of hydrogen-bond donors (Lipinski definition) is 0. The molecule has 0 saturated heterocycles.